The Hall–Kier alpha value is -3.09. The van der Waals surface area contributed by atoms with Gasteiger partial charge in [0.2, 0.25) is 6.41 Å². The number of anilines is 2. The zero-order valence-electron chi connectivity index (χ0n) is 14.7. The van der Waals surface area contributed by atoms with Gasteiger partial charge in [0.05, 0.1) is 6.61 Å². The first-order chi connectivity index (χ1) is 12.7. The van der Waals surface area contributed by atoms with E-state index in [0.29, 0.717) is 38.5 Å². The predicted molar refractivity (Wildman–Crippen MR) is 98.7 cm³/mol. The van der Waals surface area contributed by atoms with Gasteiger partial charge in [-0.25, -0.2) is 0 Å². The number of rotatable bonds is 6. The molecule has 1 N–H and O–H groups in total. The maximum absolute atomic E-state index is 12.6. The summed E-state index contributed by atoms with van der Waals surface area (Å²) in [5.74, 6) is 0.698. The molecule has 0 bridgehead atoms. The molecule has 26 heavy (non-hydrogen) atoms. The smallest absolute Gasteiger partial charge is 0.272 e. The second-order valence-electron chi connectivity index (χ2n) is 5.95. The summed E-state index contributed by atoms with van der Waals surface area (Å²) in [5, 5.41) is 3.27. The number of piperazine rings is 1. The van der Waals surface area contributed by atoms with Crippen molar-refractivity contribution in [3.63, 3.8) is 0 Å². The summed E-state index contributed by atoms with van der Waals surface area (Å²) < 4.78 is 5.43. The summed E-state index contributed by atoms with van der Waals surface area (Å²) in [5.41, 5.74) is 2.08. The first-order valence-corrected chi connectivity index (χ1v) is 8.64. The number of aromatic nitrogens is 1. The van der Waals surface area contributed by atoms with Crippen molar-refractivity contribution in [3.8, 4) is 5.75 Å². The fourth-order valence-corrected chi connectivity index (χ4v) is 2.79. The van der Waals surface area contributed by atoms with E-state index in [0.717, 1.165) is 23.5 Å². The molecule has 2 aromatic rings. The molecule has 2 heterocycles. The third-order valence-corrected chi connectivity index (χ3v) is 4.18. The molecule has 0 unspecified atom stereocenters. The van der Waals surface area contributed by atoms with Crippen LogP contribution >= 0.6 is 0 Å². The van der Waals surface area contributed by atoms with E-state index in [4.69, 9.17) is 4.74 Å². The highest BCUT2D eigenvalue weighted by atomic mass is 16.5. The molecule has 2 amide bonds. The van der Waals surface area contributed by atoms with Crippen LogP contribution in [0, 0.1) is 0 Å². The Morgan fingerprint density at radius 2 is 1.88 bits per heavy atom. The first-order valence-electron chi connectivity index (χ1n) is 8.64. The van der Waals surface area contributed by atoms with Crippen LogP contribution in [0.1, 0.15) is 17.4 Å². The minimum Gasteiger partial charge on any atom is -0.494 e. The van der Waals surface area contributed by atoms with Crippen LogP contribution in [0.3, 0.4) is 0 Å². The Morgan fingerprint density at radius 3 is 2.54 bits per heavy atom. The van der Waals surface area contributed by atoms with Gasteiger partial charge < -0.3 is 19.9 Å². The van der Waals surface area contributed by atoms with Gasteiger partial charge in [-0.15, -0.1) is 0 Å². The number of nitrogens with zero attached hydrogens (tertiary/aromatic N) is 3. The highest BCUT2D eigenvalue weighted by molar-refractivity contribution is 5.93. The molecule has 0 aliphatic carbocycles. The van der Waals surface area contributed by atoms with Gasteiger partial charge in [-0.2, -0.15) is 0 Å². The molecule has 3 rings (SSSR count). The molecule has 1 saturated heterocycles. The number of hydrogen-bond acceptors (Lipinski definition) is 5. The third kappa shape index (κ3) is 4.30. The van der Waals surface area contributed by atoms with E-state index in [2.05, 4.69) is 10.3 Å². The van der Waals surface area contributed by atoms with Crippen LogP contribution in [-0.4, -0.2) is 59.9 Å². The van der Waals surface area contributed by atoms with Gasteiger partial charge in [0.15, 0.2) is 0 Å². The molecule has 0 saturated carbocycles. The second kappa shape index (κ2) is 8.33. The molecule has 1 aromatic carbocycles. The lowest BCUT2D eigenvalue weighted by Gasteiger charge is -2.32. The molecule has 1 aromatic heterocycles. The number of carbonyl (C=O) groups is 2. The van der Waals surface area contributed by atoms with Gasteiger partial charge in [-0.05, 0) is 43.3 Å². The molecular weight excluding hydrogens is 332 g/mol. The Kier molecular flexibility index (Phi) is 5.68. The highest BCUT2D eigenvalue weighted by Gasteiger charge is 2.22. The Bertz CT molecular complexity index is 756. The van der Waals surface area contributed by atoms with Crippen molar-refractivity contribution in [2.24, 2.45) is 0 Å². The van der Waals surface area contributed by atoms with Crippen LogP contribution < -0.4 is 10.1 Å². The zero-order valence-corrected chi connectivity index (χ0v) is 14.7. The Balaban J connectivity index is 1.66. The number of hydrogen-bond donors (Lipinski definition) is 1. The molecule has 1 aliphatic rings. The Morgan fingerprint density at radius 1 is 1.15 bits per heavy atom. The summed E-state index contributed by atoms with van der Waals surface area (Å²) >= 11 is 0. The summed E-state index contributed by atoms with van der Waals surface area (Å²) in [6, 6.07) is 11.2. The van der Waals surface area contributed by atoms with Crippen LogP contribution in [0.4, 0.5) is 11.4 Å². The van der Waals surface area contributed by atoms with Gasteiger partial charge in [0.1, 0.15) is 11.4 Å². The number of pyridine rings is 1. The molecule has 0 atom stereocenters. The van der Waals surface area contributed by atoms with Crippen molar-refractivity contribution in [3.05, 3.63) is 48.3 Å². The number of ether oxygens (including phenoxy) is 1. The molecule has 0 radical (unpaired) electrons. The van der Waals surface area contributed by atoms with Crippen molar-refractivity contribution >= 4 is 23.7 Å². The summed E-state index contributed by atoms with van der Waals surface area (Å²) in [6.45, 7) is 4.73. The second-order valence-corrected chi connectivity index (χ2v) is 5.95. The van der Waals surface area contributed by atoms with Gasteiger partial charge in [-0.1, -0.05) is 0 Å². The average molecular weight is 354 g/mol. The number of amides is 2. The highest BCUT2D eigenvalue weighted by Crippen LogP contribution is 2.20. The van der Waals surface area contributed by atoms with Gasteiger partial charge in [-0.3, -0.25) is 14.6 Å². The normalized spacial score (nSPS) is 14.0. The van der Waals surface area contributed by atoms with Gasteiger partial charge in [0.25, 0.3) is 5.91 Å². The van der Waals surface area contributed by atoms with E-state index in [1.807, 2.05) is 37.3 Å². The molecule has 136 valence electrons. The topological polar surface area (TPSA) is 74.8 Å². The van der Waals surface area contributed by atoms with Crippen LogP contribution in [-0.2, 0) is 4.79 Å². The lowest BCUT2D eigenvalue weighted by atomic mass is 10.2. The third-order valence-electron chi connectivity index (χ3n) is 4.18. The molecule has 1 fully saturated rings. The predicted octanol–water partition coefficient (Wildman–Crippen LogP) is 2.14. The Labute approximate surface area is 152 Å². The van der Waals surface area contributed by atoms with E-state index in [9.17, 15) is 9.59 Å². The number of benzene rings is 1. The van der Waals surface area contributed by atoms with E-state index >= 15 is 0 Å². The van der Waals surface area contributed by atoms with E-state index < -0.39 is 0 Å². The van der Waals surface area contributed by atoms with Crippen LogP contribution in [0.25, 0.3) is 0 Å². The monoisotopic (exact) mass is 354 g/mol. The molecule has 7 nitrogen and oxygen atoms in total. The quantitative estimate of drug-likeness (QED) is 0.805. The van der Waals surface area contributed by atoms with Crippen molar-refractivity contribution in [2.75, 3.05) is 38.1 Å². The van der Waals surface area contributed by atoms with Crippen molar-refractivity contribution in [1.29, 1.82) is 0 Å². The lowest BCUT2D eigenvalue weighted by molar-refractivity contribution is -0.119. The van der Waals surface area contributed by atoms with E-state index in [1.165, 1.54) is 0 Å². The fourth-order valence-electron chi connectivity index (χ4n) is 2.79. The number of carbonyl (C=O) groups excluding carboxylic acids is 2. The lowest BCUT2D eigenvalue weighted by Crippen LogP contribution is -2.48. The van der Waals surface area contributed by atoms with E-state index in [-0.39, 0.29) is 5.91 Å². The minimum absolute atomic E-state index is 0.120. The first kappa shape index (κ1) is 17.7. The molecule has 0 spiro atoms. The fraction of sp³-hybridized carbons (Fsp3) is 0.316. The maximum atomic E-state index is 12.6. The van der Waals surface area contributed by atoms with Crippen LogP contribution in [0.15, 0.2) is 42.6 Å². The molecule has 1 aliphatic heterocycles. The van der Waals surface area contributed by atoms with Crippen molar-refractivity contribution in [2.45, 2.75) is 6.92 Å². The average Bonchev–Trinajstić information content (AvgIpc) is 2.69. The van der Waals surface area contributed by atoms with Gasteiger partial charge in [0, 0.05) is 43.8 Å². The molecular formula is C19H22N4O3. The minimum atomic E-state index is -0.120. The van der Waals surface area contributed by atoms with Crippen molar-refractivity contribution in [1.82, 2.24) is 14.8 Å². The van der Waals surface area contributed by atoms with Crippen molar-refractivity contribution < 1.29 is 14.3 Å². The molecule has 7 heteroatoms. The largest absolute Gasteiger partial charge is 0.494 e. The van der Waals surface area contributed by atoms with Gasteiger partial charge >= 0.3 is 0 Å². The van der Waals surface area contributed by atoms with Crippen LogP contribution in [0.5, 0.6) is 5.75 Å². The number of nitrogens with one attached hydrogen (secondary N) is 1. The SMILES string of the molecule is CCOc1ccc(Nc2ccnc(C(=O)N3CCN(C=O)CC3)c2)cc1. The zero-order chi connectivity index (χ0) is 18.4. The summed E-state index contributed by atoms with van der Waals surface area (Å²) in [6.07, 6.45) is 2.44. The standard InChI is InChI=1S/C19H22N4O3/c1-2-26-17-5-3-15(4-6-17)21-16-7-8-20-18(13-16)19(25)23-11-9-22(14-24)10-12-23/h3-8,13-14H,2,9-12H2,1H3,(H,20,21). The van der Waals surface area contributed by atoms with E-state index in [1.54, 1.807) is 22.1 Å². The maximum Gasteiger partial charge on any atom is 0.272 e. The summed E-state index contributed by atoms with van der Waals surface area (Å²) in [7, 11) is 0. The van der Waals surface area contributed by atoms with Crippen LogP contribution in [0.2, 0.25) is 0 Å². The summed E-state index contributed by atoms with van der Waals surface area (Å²) in [4.78, 5) is 31.0.